The zero-order valence-corrected chi connectivity index (χ0v) is 13.6. The van der Waals surface area contributed by atoms with Crippen molar-refractivity contribution in [1.29, 1.82) is 0 Å². The number of nitrogens with zero attached hydrogens (tertiary/aromatic N) is 1. The molecule has 1 aliphatic rings. The molecule has 0 heterocycles. The van der Waals surface area contributed by atoms with Crippen LogP contribution in [-0.2, 0) is 0 Å². The summed E-state index contributed by atoms with van der Waals surface area (Å²) in [4.78, 5) is 2.31. The smallest absolute Gasteiger partial charge is 0.0718 e. The third-order valence-corrected chi connectivity index (χ3v) is 4.20. The first-order chi connectivity index (χ1) is 8.76. The van der Waals surface area contributed by atoms with E-state index in [4.69, 9.17) is 0 Å². The molecule has 2 atom stereocenters. The van der Waals surface area contributed by atoms with Gasteiger partial charge in [-0.05, 0) is 51.6 Å². The van der Waals surface area contributed by atoms with Crippen LogP contribution in [-0.4, -0.2) is 48.8 Å². The molecule has 1 saturated carbocycles. The third kappa shape index (κ3) is 6.24. The highest BCUT2D eigenvalue weighted by atomic mass is 16.3. The number of likely N-dealkylation sites (N-methyl/N-ethyl adjacent to an activating group) is 1. The van der Waals surface area contributed by atoms with Crippen molar-refractivity contribution in [2.45, 2.75) is 59.0 Å². The number of nitrogens with one attached hydrogen (secondary N) is 1. The lowest BCUT2D eigenvalue weighted by Crippen LogP contribution is -2.48. The summed E-state index contributed by atoms with van der Waals surface area (Å²) in [7, 11) is 2.14. The second kappa shape index (κ2) is 7.05. The highest BCUT2D eigenvalue weighted by Crippen LogP contribution is 2.39. The minimum atomic E-state index is -0.603. The Balaban J connectivity index is 2.63. The van der Waals surface area contributed by atoms with Crippen molar-refractivity contribution in [1.82, 2.24) is 10.2 Å². The topological polar surface area (TPSA) is 35.5 Å². The zero-order valence-electron chi connectivity index (χ0n) is 13.6. The Morgan fingerprint density at radius 1 is 1.42 bits per heavy atom. The minimum absolute atomic E-state index is 0.397. The number of rotatable bonds is 7. The van der Waals surface area contributed by atoms with E-state index in [-0.39, 0.29) is 0 Å². The second-order valence-electron chi connectivity index (χ2n) is 7.47. The molecule has 0 spiro atoms. The molecular formula is C16H34N2O. The van der Waals surface area contributed by atoms with Gasteiger partial charge in [-0.15, -0.1) is 0 Å². The van der Waals surface area contributed by atoms with E-state index >= 15 is 0 Å². The molecule has 2 N–H and O–H groups in total. The van der Waals surface area contributed by atoms with Crippen LogP contribution in [0.4, 0.5) is 0 Å². The lowest BCUT2D eigenvalue weighted by Gasteiger charge is -2.43. The van der Waals surface area contributed by atoms with Crippen molar-refractivity contribution in [2.24, 2.45) is 11.3 Å². The highest BCUT2D eigenvalue weighted by Gasteiger charge is 2.36. The van der Waals surface area contributed by atoms with Gasteiger partial charge in [0.2, 0.25) is 0 Å². The van der Waals surface area contributed by atoms with Gasteiger partial charge in [0.1, 0.15) is 0 Å². The van der Waals surface area contributed by atoms with Crippen LogP contribution in [0.3, 0.4) is 0 Å². The van der Waals surface area contributed by atoms with E-state index in [1.165, 1.54) is 25.7 Å². The van der Waals surface area contributed by atoms with Crippen molar-refractivity contribution in [2.75, 3.05) is 33.2 Å². The summed E-state index contributed by atoms with van der Waals surface area (Å²) < 4.78 is 0. The Hall–Kier alpha value is -0.120. The number of hydrogen-bond acceptors (Lipinski definition) is 3. The van der Waals surface area contributed by atoms with Crippen LogP contribution < -0.4 is 5.32 Å². The molecule has 3 heteroatoms. The summed E-state index contributed by atoms with van der Waals surface area (Å²) in [5.74, 6) is 0.836. The molecular weight excluding hydrogens is 236 g/mol. The van der Waals surface area contributed by atoms with E-state index in [0.717, 1.165) is 32.1 Å². The molecule has 0 aromatic rings. The first-order valence-corrected chi connectivity index (χ1v) is 7.88. The molecule has 0 amide bonds. The summed E-state index contributed by atoms with van der Waals surface area (Å²) in [6, 6.07) is 0. The van der Waals surface area contributed by atoms with Gasteiger partial charge in [0.25, 0.3) is 0 Å². The molecule has 2 unspecified atom stereocenters. The van der Waals surface area contributed by atoms with Gasteiger partial charge in [0.05, 0.1) is 5.60 Å². The monoisotopic (exact) mass is 270 g/mol. The van der Waals surface area contributed by atoms with Gasteiger partial charge in [-0.25, -0.2) is 0 Å². The molecule has 114 valence electrons. The summed E-state index contributed by atoms with van der Waals surface area (Å²) in [6.45, 7) is 12.4. The maximum absolute atomic E-state index is 9.97. The Labute approximate surface area is 119 Å². The third-order valence-electron chi connectivity index (χ3n) is 4.20. The van der Waals surface area contributed by atoms with E-state index in [1.54, 1.807) is 0 Å². The van der Waals surface area contributed by atoms with E-state index in [9.17, 15) is 5.11 Å². The van der Waals surface area contributed by atoms with Crippen LogP contribution in [0.2, 0.25) is 0 Å². The predicted octanol–water partition coefficient (Wildman–Crippen LogP) is 2.50. The van der Waals surface area contributed by atoms with Crippen LogP contribution in [0, 0.1) is 11.3 Å². The van der Waals surface area contributed by atoms with Crippen molar-refractivity contribution in [3.05, 3.63) is 0 Å². The largest absolute Gasteiger partial charge is 0.389 e. The average molecular weight is 270 g/mol. The predicted molar refractivity (Wildman–Crippen MR) is 82.4 cm³/mol. The Bertz CT molecular complexity index is 262. The van der Waals surface area contributed by atoms with Crippen LogP contribution in [0.15, 0.2) is 0 Å². The standard InChI is InChI=1S/C16H34N2O/c1-6-17-11-16(9-7-8-14(2)10-16)13-18(5)12-15(3,4)19/h14,17,19H,6-13H2,1-5H3. The van der Waals surface area contributed by atoms with Gasteiger partial charge >= 0.3 is 0 Å². The molecule has 19 heavy (non-hydrogen) atoms. The van der Waals surface area contributed by atoms with Gasteiger partial charge in [-0.1, -0.05) is 26.7 Å². The molecule has 0 radical (unpaired) electrons. The Morgan fingerprint density at radius 2 is 2.11 bits per heavy atom. The first-order valence-electron chi connectivity index (χ1n) is 7.88. The quantitative estimate of drug-likeness (QED) is 0.746. The SMILES string of the molecule is CCNCC1(CN(C)CC(C)(C)O)CCCC(C)C1. The maximum Gasteiger partial charge on any atom is 0.0718 e. The normalized spacial score (nSPS) is 28.9. The fraction of sp³-hybridized carbons (Fsp3) is 1.00. The fourth-order valence-corrected chi connectivity index (χ4v) is 3.81. The lowest BCUT2D eigenvalue weighted by atomic mass is 9.69. The van der Waals surface area contributed by atoms with Crippen LogP contribution >= 0.6 is 0 Å². The molecule has 0 saturated heterocycles. The van der Waals surface area contributed by atoms with Crippen LogP contribution in [0.25, 0.3) is 0 Å². The van der Waals surface area contributed by atoms with E-state index in [0.29, 0.717) is 5.41 Å². The van der Waals surface area contributed by atoms with Crippen molar-refractivity contribution < 1.29 is 5.11 Å². The summed E-state index contributed by atoms with van der Waals surface area (Å²) in [5.41, 5.74) is -0.206. The van der Waals surface area contributed by atoms with Crippen LogP contribution in [0.1, 0.15) is 53.4 Å². The minimum Gasteiger partial charge on any atom is -0.389 e. The zero-order chi connectivity index (χ0) is 14.5. The second-order valence-corrected chi connectivity index (χ2v) is 7.47. The van der Waals surface area contributed by atoms with Gasteiger partial charge in [-0.2, -0.15) is 0 Å². The van der Waals surface area contributed by atoms with E-state index < -0.39 is 5.60 Å². The Morgan fingerprint density at radius 3 is 2.63 bits per heavy atom. The molecule has 1 aliphatic carbocycles. The molecule has 0 aliphatic heterocycles. The summed E-state index contributed by atoms with van der Waals surface area (Å²) >= 11 is 0. The number of hydrogen-bond donors (Lipinski definition) is 2. The Kier molecular flexibility index (Phi) is 6.28. The van der Waals surface area contributed by atoms with Crippen molar-refractivity contribution >= 4 is 0 Å². The molecule has 0 aromatic carbocycles. The highest BCUT2D eigenvalue weighted by molar-refractivity contribution is 4.90. The van der Waals surface area contributed by atoms with Gasteiger partial charge in [-0.3, -0.25) is 0 Å². The molecule has 1 rings (SSSR count). The molecule has 3 nitrogen and oxygen atoms in total. The molecule has 0 bridgehead atoms. The maximum atomic E-state index is 9.97. The fourth-order valence-electron chi connectivity index (χ4n) is 3.81. The summed E-state index contributed by atoms with van der Waals surface area (Å²) in [5, 5.41) is 13.5. The van der Waals surface area contributed by atoms with E-state index in [1.807, 2.05) is 13.8 Å². The molecule has 0 aromatic heterocycles. The van der Waals surface area contributed by atoms with Gasteiger partial charge in [0.15, 0.2) is 0 Å². The van der Waals surface area contributed by atoms with Gasteiger partial charge < -0.3 is 15.3 Å². The number of aliphatic hydroxyl groups is 1. The van der Waals surface area contributed by atoms with E-state index in [2.05, 4.69) is 31.1 Å². The first kappa shape index (κ1) is 16.9. The van der Waals surface area contributed by atoms with Crippen molar-refractivity contribution in [3.8, 4) is 0 Å². The lowest BCUT2D eigenvalue weighted by molar-refractivity contribution is 0.0184. The van der Waals surface area contributed by atoms with Gasteiger partial charge in [0, 0.05) is 19.6 Å². The van der Waals surface area contributed by atoms with Crippen LogP contribution in [0.5, 0.6) is 0 Å². The average Bonchev–Trinajstić information content (AvgIpc) is 2.23. The summed E-state index contributed by atoms with van der Waals surface area (Å²) in [6.07, 6.45) is 5.36. The molecule has 1 fully saturated rings. The van der Waals surface area contributed by atoms with Crippen molar-refractivity contribution in [3.63, 3.8) is 0 Å².